The Hall–Kier alpha value is -2.70. The van der Waals surface area contributed by atoms with Crippen LogP contribution in [0.25, 0.3) is 0 Å². The largest absolute Gasteiger partial charge is 0.465 e. The predicted octanol–water partition coefficient (Wildman–Crippen LogP) is 8.57. The lowest BCUT2D eigenvalue weighted by Crippen LogP contribution is -2.53. The lowest BCUT2D eigenvalue weighted by Gasteiger charge is -2.54. The summed E-state index contributed by atoms with van der Waals surface area (Å²) in [4.78, 5) is 27.8. The minimum atomic E-state index is -1.27. The van der Waals surface area contributed by atoms with Gasteiger partial charge in [-0.1, -0.05) is 91.3 Å². The third-order valence-electron chi connectivity index (χ3n) is 14.7. The molecule has 6 nitrogen and oxygen atoms in total. The van der Waals surface area contributed by atoms with Gasteiger partial charge in [-0.15, -0.1) is 0 Å². The van der Waals surface area contributed by atoms with Crippen LogP contribution in [-0.2, 0) is 42.7 Å². The van der Waals surface area contributed by atoms with Crippen LogP contribution in [0, 0.1) is 34.5 Å². The molecule has 6 rings (SSSR count). The van der Waals surface area contributed by atoms with Gasteiger partial charge in [-0.2, -0.15) is 0 Å². The molecule has 2 N–H and O–H groups in total. The molecular weight excluding hydrogens is 636 g/mol. The molecule has 2 saturated carbocycles. The number of rotatable bonds is 10. The van der Waals surface area contributed by atoms with Crippen LogP contribution in [-0.4, -0.2) is 48.6 Å². The predicted molar refractivity (Wildman–Crippen MR) is 202 cm³/mol. The highest BCUT2D eigenvalue weighted by atomic mass is 16.6. The molecule has 4 aliphatic carbocycles. The van der Waals surface area contributed by atoms with E-state index < -0.39 is 24.0 Å². The molecule has 0 aromatic heterocycles. The van der Waals surface area contributed by atoms with Gasteiger partial charge in [-0.25, -0.2) is 0 Å². The summed E-state index contributed by atoms with van der Waals surface area (Å²) in [7, 11) is 0. The molecule has 2 fully saturated rings. The summed E-state index contributed by atoms with van der Waals surface area (Å²) in [5.74, 6) is 0.801. The smallest absolute Gasteiger partial charge is 0.312 e. The van der Waals surface area contributed by atoms with Gasteiger partial charge in [-0.05, 0) is 132 Å². The fourth-order valence-corrected chi connectivity index (χ4v) is 11.2. The number of aryl methyl sites for hydroxylation is 2. The van der Waals surface area contributed by atoms with Crippen molar-refractivity contribution in [2.24, 2.45) is 34.5 Å². The number of fused-ring (bicyclic) bond motifs is 6. The van der Waals surface area contributed by atoms with Crippen LogP contribution in [0.3, 0.4) is 0 Å². The average Bonchev–Trinajstić information content (AvgIpc) is 3.11. The molecule has 2 aromatic carbocycles. The van der Waals surface area contributed by atoms with E-state index in [2.05, 4.69) is 91.8 Å². The highest BCUT2D eigenvalue weighted by Gasteiger charge is 2.56. The molecule has 51 heavy (non-hydrogen) atoms. The van der Waals surface area contributed by atoms with Crippen molar-refractivity contribution in [2.45, 2.75) is 136 Å². The topological polar surface area (TPSA) is 93.1 Å². The number of hydrogen-bond acceptors (Lipinski definition) is 6. The van der Waals surface area contributed by atoms with E-state index in [-0.39, 0.29) is 53.7 Å². The van der Waals surface area contributed by atoms with Crippen LogP contribution in [0.4, 0.5) is 0 Å². The third kappa shape index (κ3) is 6.60. The molecule has 280 valence electrons. The molecule has 7 atom stereocenters. The van der Waals surface area contributed by atoms with Crippen LogP contribution < -0.4 is 0 Å². The fourth-order valence-electron chi connectivity index (χ4n) is 11.2. The quantitative estimate of drug-likeness (QED) is 0.241. The van der Waals surface area contributed by atoms with E-state index in [1.165, 1.54) is 33.4 Å². The zero-order chi connectivity index (χ0) is 36.9. The van der Waals surface area contributed by atoms with Crippen LogP contribution in [0.15, 0.2) is 36.4 Å². The Kier molecular flexibility index (Phi) is 10.6. The van der Waals surface area contributed by atoms with E-state index in [0.29, 0.717) is 17.8 Å². The summed E-state index contributed by atoms with van der Waals surface area (Å²) in [6, 6.07) is 13.9. The Labute approximate surface area is 307 Å². The number of esters is 2. The Morgan fingerprint density at radius 1 is 0.784 bits per heavy atom. The van der Waals surface area contributed by atoms with Crippen LogP contribution in [0.1, 0.15) is 146 Å². The highest BCUT2D eigenvalue weighted by Crippen LogP contribution is 2.58. The summed E-state index contributed by atoms with van der Waals surface area (Å²) in [5, 5.41) is 21.1. The lowest BCUT2D eigenvalue weighted by atomic mass is 9.49. The molecule has 0 heterocycles. The second-order valence-electron chi connectivity index (χ2n) is 18.5. The third-order valence-corrected chi connectivity index (χ3v) is 14.7. The van der Waals surface area contributed by atoms with Gasteiger partial charge < -0.3 is 19.7 Å². The molecule has 7 unspecified atom stereocenters. The van der Waals surface area contributed by atoms with Crippen molar-refractivity contribution in [3.8, 4) is 0 Å². The summed E-state index contributed by atoms with van der Waals surface area (Å²) >= 11 is 0. The number of aliphatic hydroxyl groups excluding tert-OH is 2. The molecule has 0 bridgehead atoms. The molecule has 0 amide bonds. The Morgan fingerprint density at radius 3 is 1.94 bits per heavy atom. The Bertz CT molecular complexity index is 1610. The first kappa shape index (κ1) is 38.0. The second-order valence-corrected chi connectivity index (χ2v) is 18.5. The number of benzene rings is 2. The first-order valence-electron chi connectivity index (χ1n) is 19.9. The fraction of sp³-hybridized carbons (Fsp3) is 0.689. The van der Waals surface area contributed by atoms with Gasteiger partial charge in [0.05, 0.1) is 30.0 Å². The normalized spacial score (nSPS) is 31.7. The summed E-state index contributed by atoms with van der Waals surface area (Å²) in [6.07, 6.45) is 8.29. The van der Waals surface area contributed by atoms with Crippen molar-refractivity contribution in [3.63, 3.8) is 0 Å². The van der Waals surface area contributed by atoms with Gasteiger partial charge in [-0.3, -0.25) is 9.59 Å². The van der Waals surface area contributed by atoms with Gasteiger partial charge in [0.2, 0.25) is 0 Å². The van der Waals surface area contributed by atoms with Crippen molar-refractivity contribution in [1.29, 1.82) is 0 Å². The molecule has 0 spiro atoms. The van der Waals surface area contributed by atoms with Crippen molar-refractivity contribution in [2.75, 3.05) is 26.4 Å². The molecule has 4 aliphatic rings. The van der Waals surface area contributed by atoms with E-state index >= 15 is 0 Å². The summed E-state index contributed by atoms with van der Waals surface area (Å²) in [5.41, 5.74) is 6.35. The molecular formula is C45H64O6. The Morgan fingerprint density at radius 2 is 1.35 bits per heavy atom. The summed E-state index contributed by atoms with van der Waals surface area (Å²) < 4.78 is 12.0. The van der Waals surface area contributed by atoms with Crippen molar-refractivity contribution >= 4 is 11.9 Å². The highest BCUT2D eigenvalue weighted by molar-refractivity contribution is 5.78. The Balaban J connectivity index is 1.10. The van der Waals surface area contributed by atoms with Crippen LogP contribution >= 0.6 is 0 Å². The standard InChI is InChI=1S/C45H64O6/c1-28(2)31-10-15-37-33(22-31)12-14-36-30(5)35(18-21-42(36,37)6)40(48)50-26-45(24-46,25-47)27-51-41(49)44(8)20-9-19-43(7)38-16-11-32(29(3)4)23-34(38)13-17-39(43)44/h10-11,15-16,22-23,28-30,35-36,39,46-47H,9,12-14,17-21,24-27H2,1-8H3. The van der Waals surface area contributed by atoms with Gasteiger partial charge in [0, 0.05) is 0 Å². The second kappa shape index (κ2) is 14.3. The number of hydrogen-bond donors (Lipinski definition) is 2. The molecule has 0 saturated heterocycles. The monoisotopic (exact) mass is 700 g/mol. The lowest BCUT2D eigenvalue weighted by molar-refractivity contribution is -0.175. The maximum atomic E-state index is 14.1. The van der Waals surface area contributed by atoms with E-state index in [1.54, 1.807) is 0 Å². The summed E-state index contributed by atoms with van der Waals surface area (Å²) in [6.45, 7) is 16.6. The average molecular weight is 701 g/mol. The number of ether oxygens (including phenoxy) is 2. The van der Waals surface area contributed by atoms with E-state index in [1.807, 2.05) is 0 Å². The SMILES string of the molecule is CC(C)c1ccc2c(c1)CCC1C(C)C(C(=O)OCC(CO)(CO)COC(=O)C3(C)CCCC4(C)c5ccc(C(C)C)cc5CCC34)CCC21C. The van der Waals surface area contributed by atoms with Gasteiger partial charge in [0.1, 0.15) is 13.2 Å². The van der Waals surface area contributed by atoms with E-state index in [4.69, 9.17) is 9.47 Å². The zero-order valence-corrected chi connectivity index (χ0v) is 32.6. The number of aliphatic hydroxyl groups is 2. The first-order chi connectivity index (χ1) is 24.1. The van der Waals surface area contributed by atoms with Gasteiger partial charge in [0.25, 0.3) is 0 Å². The van der Waals surface area contributed by atoms with E-state index in [0.717, 1.165) is 57.8 Å². The first-order valence-corrected chi connectivity index (χ1v) is 19.9. The van der Waals surface area contributed by atoms with Crippen molar-refractivity contribution in [3.05, 3.63) is 69.8 Å². The molecule has 6 heteroatoms. The van der Waals surface area contributed by atoms with E-state index in [9.17, 15) is 19.8 Å². The van der Waals surface area contributed by atoms with Crippen molar-refractivity contribution in [1.82, 2.24) is 0 Å². The number of carbonyl (C=O) groups is 2. The van der Waals surface area contributed by atoms with Crippen molar-refractivity contribution < 1.29 is 29.3 Å². The molecule has 2 aromatic rings. The maximum Gasteiger partial charge on any atom is 0.312 e. The number of carbonyl (C=O) groups excluding carboxylic acids is 2. The maximum absolute atomic E-state index is 14.1. The van der Waals surface area contributed by atoms with Crippen LogP contribution in [0.5, 0.6) is 0 Å². The van der Waals surface area contributed by atoms with Gasteiger partial charge >= 0.3 is 11.9 Å². The molecule has 0 aliphatic heterocycles. The minimum absolute atomic E-state index is 0.0240. The van der Waals surface area contributed by atoms with Gasteiger partial charge in [0.15, 0.2) is 0 Å². The minimum Gasteiger partial charge on any atom is -0.465 e. The zero-order valence-electron chi connectivity index (χ0n) is 32.6. The molecule has 0 radical (unpaired) electrons. The van der Waals surface area contributed by atoms with Crippen LogP contribution in [0.2, 0.25) is 0 Å².